The van der Waals surface area contributed by atoms with Crippen LogP contribution in [0, 0.1) is 0 Å². The summed E-state index contributed by atoms with van der Waals surface area (Å²) in [4.78, 5) is 28.6. The van der Waals surface area contributed by atoms with Crippen LogP contribution in [-0.4, -0.2) is 39.5 Å². The second-order valence-electron chi connectivity index (χ2n) is 4.34. The van der Waals surface area contributed by atoms with Crippen LogP contribution in [-0.2, 0) is 4.79 Å². The van der Waals surface area contributed by atoms with E-state index in [1.165, 1.54) is 17.2 Å². The molecule has 0 spiro atoms. The maximum Gasteiger partial charge on any atom is 0.326 e. The number of nitrogens with zero attached hydrogens (tertiary/aromatic N) is 2. The normalized spacial score (nSPS) is 19.3. The SMILES string of the molecule is O=C(O)C1CCCCN1C(=O)c1cnc(Cl)c(Cl)c1. The first kappa shape index (κ1) is 14.1. The van der Waals surface area contributed by atoms with Gasteiger partial charge in [-0.3, -0.25) is 4.79 Å². The molecule has 7 heteroatoms. The third-order valence-electron chi connectivity index (χ3n) is 3.09. The van der Waals surface area contributed by atoms with Crippen molar-refractivity contribution in [2.45, 2.75) is 25.3 Å². The van der Waals surface area contributed by atoms with E-state index in [-0.39, 0.29) is 21.6 Å². The number of piperidine rings is 1. The van der Waals surface area contributed by atoms with Crippen molar-refractivity contribution < 1.29 is 14.7 Å². The summed E-state index contributed by atoms with van der Waals surface area (Å²) in [5.41, 5.74) is 0.252. The van der Waals surface area contributed by atoms with Crippen LogP contribution in [0.25, 0.3) is 0 Å². The molecular formula is C12H12Cl2N2O3. The Hall–Kier alpha value is -1.33. The van der Waals surface area contributed by atoms with Crippen LogP contribution < -0.4 is 0 Å². The standard InChI is InChI=1S/C12H12Cl2N2O3/c13-8-5-7(6-15-10(8)14)11(17)16-4-2-1-3-9(16)12(18)19/h5-6,9H,1-4H2,(H,18,19). The smallest absolute Gasteiger partial charge is 0.326 e. The van der Waals surface area contributed by atoms with Crippen LogP contribution in [0.4, 0.5) is 0 Å². The van der Waals surface area contributed by atoms with Crippen molar-refractivity contribution in [3.63, 3.8) is 0 Å². The molecule has 102 valence electrons. The molecule has 0 bridgehead atoms. The van der Waals surface area contributed by atoms with E-state index in [1.54, 1.807) is 0 Å². The van der Waals surface area contributed by atoms with Crippen LogP contribution in [0.5, 0.6) is 0 Å². The molecule has 0 aromatic carbocycles. The Morgan fingerprint density at radius 1 is 1.37 bits per heavy atom. The highest BCUT2D eigenvalue weighted by molar-refractivity contribution is 6.41. The fourth-order valence-corrected chi connectivity index (χ4v) is 2.41. The number of halogens is 2. The Morgan fingerprint density at radius 3 is 2.74 bits per heavy atom. The molecule has 1 aromatic heterocycles. The van der Waals surface area contributed by atoms with Gasteiger partial charge >= 0.3 is 5.97 Å². The van der Waals surface area contributed by atoms with Gasteiger partial charge in [0, 0.05) is 12.7 Å². The number of aliphatic carboxylic acids is 1. The van der Waals surface area contributed by atoms with Crippen molar-refractivity contribution >= 4 is 35.1 Å². The summed E-state index contributed by atoms with van der Waals surface area (Å²) < 4.78 is 0. The highest BCUT2D eigenvalue weighted by Gasteiger charge is 2.32. The Bertz CT molecular complexity index is 522. The van der Waals surface area contributed by atoms with Gasteiger partial charge < -0.3 is 10.0 Å². The Morgan fingerprint density at radius 2 is 2.11 bits per heavy atom. The molecule has 2 rings (SSSR count). The first-order valence-corrected chi connectivity index (χ1v) is 6.61. The number of carbonyl (C=O) groups excluding carboxylic acids is 1. The Kier molecular flexibility index (Phi) is 4.27. The lowest BCUT2D eigenvalue weighted by atomic mass is 10.0. The number of carbonyl (C=O) groups is 2. The maximum atomic E-state index is 12.3. The van der Waals surface area contributed by atoms with Gasteiger partial charge in [0.15, 0.2) is 0 Å². The number of carboxylic acids is 1. The molecule has 1 atom stereocenters. The van der Waals surface area contributed by atoms with E-state index in [9.17, 15) is 9.59 Å². The van der Waals surface area contributed by atoms with Gasteiger partial charge in [-0.1, -0.05) is 23.2 Å². The van der Waals surface area contributed by atoms with Crippen LogP contribution >= 0.6 is 23.2 Å². The summed E-state index contributed by atoms with van der Waals surface area (Å²) in [6, 6.07) is 0.628. The molecule has 1 N–H and O–H groups in total. The van der Waals surface area contributed by atoms with Crippen molar-refractivity contribution in [2.24, 2.45) is 0 Å². The minimum atomic E-state index is -0.985. The molecule has 1 unspecified atom stereocenters. The fraction of sp³-hybridized carbons (Fsp3) is 0.417. The molecule has 1 saturated heterocycles. The Labute approximate surface area is 120 Å². The molecule has 1 amide bonds. The van der Waals surface area contributed by atoms with E-state index in [1.807, 2.05) is 0 Å². The second-order valence-corrected chi connectivity index (χ2v) is 5.11. The zero-order valence-corrected chi connectivity index (χ0v) is 11.5. The molecule has 0 saturated carbocycles. The van der Waals surface area contributed by atoms with Gasteiger partial charge in [0.05, 0.1) is 10.6 Å². The van der Waals surface area contributed by atoms with E-state index in [2.05, 4.69) is 4.98 Å². The molecule has 1 aliphatic heterocycles. The summed E-state index contributed by atoms with van der Waals surface area (Å²) in [6.45, 7) is 0.427. The van der Waals surface area contributed by atoms with Crippen LogP contribution in [0.1, 0.15) is 29.6 Å². The predicted molar refractivity (Wildman–Crippen MR) is 70.6 cm³/mol. The van der Waals surface area contributed by atoms with Gasteiger partial charge in [-0.15, -0.1) is 0 Å². The van der Waals surface area contributed by atoms with E-state index < -0.39 is 12.0 Å². The zero-order chi connectivity index (χ0) is 14.0. The minimum Gasteiger partial charge on any atom is -0.480 e. The first-order valence-electron chi connectivity index (χ1n) is 5.85. The molecule has 1 aromatic rings. The number of likely N-dealkylation sites (tertiary alicyclic amines) is 1. The number of carboxylic acid groups (broad SMARTS) is 1. The van der Waals surface area contributed by atoms with Gasteiger partial charge in [-0.2, -0.15) is 0 Å². The third-order valence-corrected chi connectivity index (χ3v) is 3.78. The molecular weight excluding hydrogens is 291 g/mol. The minimum absolute atomic E-state index is 0.117. The summed E-state index contributed by atoms with van der Waals surface area (Å²) in [7, 11) is 0. The average Bonchev–Trinajstić information content (AvgIpc) is 2.41. The molecule has 19 heavy (non-hydrogen) atoms. The molecule has 5 nitrogen and oxygen atoms in total. The van der Waals surface area contributed by atoms with E-state index in [0.717, 1.165) is 12.8 Å². The first-order chi connectivity index (χ1) is 9.00. The van der Waals surface area contributed by atoms with E-state index in [4.69, 9.17) is 28.3 Å². The number of pyridine rings is 1. The predicted octanol–water partition coefficient (Wildman–Crippen LogP) is 2.47. The Balaban J connectivity index is 2.26. The number of hydrogen-bond acceptors (Lipinski definition) is 3. The van der Waals surface area contributed by atoms with Gasteiger partial charge in [-0.05, 0) is 25.3 Å². The molecule has 0 radical (unpaired) electrons. The lowest BCUT2D eigenvalue weighted by Crippen LogP contribution is -2.48. The second kappa shape index (κ2) is 5.75. The maximum absolute atomic E-state index is 12.3. The third kappa shape index (κ3) is 2.98. The van der Waals surface area contributed by atoms with E-state index in [0.29, 0.717) is 13.0 Å². The van der Waals surface area contributed by atoms with Crippen LogP contribution in [0.15, 0.2) is 12.3 Å². The van der Waals surface area contributed by atoms with Gasteiger partial charge in [0.1, 0.15) is 11.2 Å². The number of aromatic nitrogens is 1. The summed E-state index contributed by atoms with van der Waals surface area (Å²) in [6.07, 6.45) is 3.38. The highest BCUT2D eigenvalue weighted by atomic mass is 35.5. The van der Waals surface area contributed by atoms with Crippen molar-refractivity contribution in [3.8, 4) is 0 Å². The van der Waals surface area contributed by atoms with Gasteiger partial charge in [0.2, 0.25) is 0 Å². The van der Waals surface area contributed by atoms with Crippen molar-refractivity contribution in [1.29, 1.82) is 0 Å². The van der Waals surface area contributed by atoms with E-state index >= 15 is 0 Å². The number of rotatable bonds is 2. The van der Waals surface area contributed by atoms with Crippen molar-refractivity contribution in [1.82, 2.24) is 9.88 Å². The monoisotopic (exact) mass is 302 g/mol. The fourth-order valence-electron chi connectivity index (χ4n) is 2.14. The number of hydrogen-bond donors (Lipinski definition) is 1. The summed E-state index contributed by atoms with van der Waals surface area (Å²) in [5.74, 6) is -1.36. The van der Waals surface area contributed by atoms with Gasteiger partial charge in [-0.25, -0.2) is 9.78 Å². The van der Waals surface area contributed by atoms with Gasteiger partial charge in [0.25, 0.3) is 5.91 Å². The largest absolute Gasteiger partial charge is 0.480 e. The molecule has 1 aliphatic rings. The summed E-state index contributed by atoms with van der Waals surface area (Å²) in [5, 5.41) is 9.44. The van der Waals surface area contributed by atoms with Crippen LogP contribution in [0.2, 0.25) is 10.2 Å². The summed E-state index contributed by atoms with van der Waals surface area (Å²) >= 11 is 11.5. The number of amides is 1. The topological polar surface area (TPSA) is 70.5 Å². The lowest BCUT2D eigenvalue weighted by Gasteiger charge is -2.32. The van der Waals surface area contributed by atoms with Crippen molar-refractivity contribution in [3.05, 3.63) is 28.0 Å². The quantitative estimate of drug-likeness (QED) is 0.852. The van der Waals surface area contributed by atoms with Crippen LogP contribution in [0.3, 0.4) is 0 Å². The molecule has 2 heterocycles. The average molecular weight is 303 g/mol. The zero-order valence-electron chi connectivity index (χ0n) is 9.97. The molecule has 1 fully saturated rings. The lowest BCUT2D eigenvalue weighted by molar-refractivity contribution is -0.143. The molecule has 0 aliphatic carbocycles. The van der Waals surface area contributed by atoms with Crippen molar-refractivity contribution in [2.75, 3.05) is 6.54 Å². The highest BCUT2D eigenvalue weighted by Crippen LogP contribution is 2.23.